The highest BCUT2D eigenvalue weighted by Crippen LogP contribution is 2.19. The first kappa shape index (κ1) is 14.7. The van der Waals surface area contributed by atoms with Crippen LogP contribution in [0.15, 0.2) is 54.7 Å². The van der Waals surface area contributed by atoms with E-state index in [1.807, 2.05) is 66.3 Å². The first-order valence-corrected chi connectivity index (χ1v) is 7.59. The predicted octanol–water partition coefficient (Wildman–Crippen LogP) is 3.80. The van der Waals surface area contributed by atoms with Crippen molar-refractivity contribution < 1.29 is 4.79 Å². The highest BCUT2D eigenvalue weighted by atomic mass is 35.5. The first-order chi connectivity index (χ1) is 10.6. The average molecular weight is 313 g/mol. The quantitative estimate of drug-likeness (QED) is 0.781. The molecular formula is C18H17ClN2O. The van der Waals surface area contributed by atoms with Gasteiger partial charge in [-0.1, -0.05) is 35.9 Å². The Labute approximate surface area is 134 Å². The van der Waals surface area contributed by atoms with Crippen LogP contribution in [0.25, 0.3) is 10.9 Å². The second-order valence-electron chi connectivity index (χ2n) is 5.30. The van der Waals surface area contributed by atoms with Crippen LogP contribution in [0.1, 0.15) is 15.9 Å². The summed E-state index contributed by atoms with van der Waals surface area (Å²) < 4.78 is 1.98. The Bertz CT molecular complexity index is 806. The number of benzene rings is 2. The molecule has 0 atom stereocenters. The number of hydrogen-bond acceptors (Lipinski definition) is 1. The van der Waals surface area contributed by atoms with Crippen molar-refractivity contribution in [1.29, 1.82) is 0 Å². The number of amides is 1. The normalized spacial score (nSPS) is 10.8. The Morgan fingerprint density at radius 3 is 2.68 bits per heavy atom. The molecule has 112 valence electrons. The molecule has 2 aromatic carbocycles. The Hall–Kier alpha value is -2.26. The van der Waals surface area contributed by atoms with Gasteiger partial charge in [0.05, 0.1) is 11.1 Å². The van der Waals surface area contributed by atoms with Gasteiger partial charge in [0, 0.05) is 30.2 Å². The number of para-hydroxylation sites is 1. The zero-order valence-electron chi connectivity index (χ0n) is 12.3. The molecule has 1 N–H and O–H groups in total. The van der Waals surface area contributed by atoms with Gasteiger partial charge < -0.3 is 9.88 Å². The first-order valence-electron chi connectivity index (χ1n) is 7.22. The summed E-state index contributed by atoms with van der Waals surface area (Å²) >= 11 is 5.86. The van der Waals surface area contributed by atoms with Gasteiger partial charge >= 0.3 is 0 Å². The summed E-state index contributed by atoms with van der Waals surface area (Å²) in [6, 6.07) is 15.5. The summed E-state index contributed by atoms with van der Waals surface area (Å²) in [6.45, 7) is 0.598. The highest BCUT2D eigenvalue weighted by molar-refractivity contribution is 6.30. The van der Waals surface area contributed by atoms with E-state index in [4.69, 9.17) is 11.6 Å². The Morgan fingerprint density at radius 1 is 1.14 bits per heavy atom. The number of halogens is 1. The van der Waals surface area contributed by atoms with Gasteiger partial charge in [-0.2, -0.15) is 0 Å². The number of nitrogens with zero attached hydrogens (tertiary/aromatic N) is 1. The summed E-state index contributed by atoms with van der Waals surface area (Å²) in [5.41, 5.74) is 2.83. The van der Waals surface area contributed by atoms with Gasteiger partial charge in [0.2, 0.25) is 0 Å². The monoisotopic (exact) mass is 312 g/mol. The molecule has 0 aliphatic rings. The van der Waals surface area contributed by atoms with E-state index in [1.165, 1.54) is 0 Å². The summed E-state index contributed by atoms with van der Waals surface area (Å²) in [7, 11) is 1.95. The van der Waals surface area contributed by atoms with Gasteiger partial charge in [0.15, 0.2) is 0 Å². The van der Waals surface area contributed by atoms with Crippen LogP contribution in [-0.2, 0) is 13.5 Å². The van der Waals surface area contributed by atoms with Gasteiger partial charge in [0.25, 0.3) is 5.91 Å². The summed E-state index contributed by atoms with van der Waals surface area (Å²) in [6.07, 6.45) is 2.75. The third-order valence-corrected chi connectivity index (χ3v) is 4.01. The lowest BCUT2D eigenvalue weighted by atomic mass is 10.1. The summed E-state index contributed by atoms with van der Waals surface area (Å²) in [4.78, 5) is 12.4. The molecule has 3 aromatic rings. The van der Waals surface area contributed by atoms with E-state index in [0.717, 1.165) is 27.9 Å². The maximum Gasteiger partial charge on any atom is 0.253 e. The fraction of sp³-hybridized carbons (Fsp3) is 0.167. The number of carbonyl (C=O) groups is 1. The fourth-order valence-electron chi connectivity index (χ4n) is 2.61. The van der Waals surface area contributed by atoms with Crippen molar-refractivity contribution in [3.63, 3.8) is 0 Å². The molecule has 0 aliphatic carbocycles. The molecular weight excluding hydrogens is 296 g/mol. The lowest BCUT2D eigenvalue weighted by molar-refractivity contribution is 0.0955. The van der Waals surface area contributed by atoms with E-state index >= 15 is 0 Å². The number of hydrogen-bond donors (Lipinski definition) is 1. The van der Waals surface area contributed by atoms with E-state index in [2.05, 4.69) is 5.32 Å². The molecule has 3 nitrogen and oxygen atoms in total. The molecule has 0 aliphatic heterocycles. The van der Waals surface area contributed by atoms with E-state index < -0.39 is 0 Å². The van der Waals surface area contributed by atoms with Gasteiger partial charge in [-0.15, -0.1) is 0 Å². The second-order valence-corrected chi connectivity index (χ2v) is 5.74. The van der Waals surface area contributed by atoms with Crippen LogP contribution in [0.2, 0.25) is 5.02 Å². The van der Waals surface area contributed by atoms with Crippen molar-refractivity contribution in [2.24, 2.45) is 7.05 Å². The van der Waals surface area contributed by atoms with Crippen LogP contribution in [0, 0.1) is 0 Å². The zero-order chi connectivity index (χ0) is 15.5. The summed E-state index contributed by atoms with van der Waals surface area (Å²) in [5, 5.41) is 4.79. The molecule has 1 amide bonds. The van der Waals surface area contributed by atoms with Gasteiger partial charge in [0.1, 0.15) is 0 Å². The molecule has 3 rings (SSSR count). The van der Waals surface area contributed by atoms with E-state index in [1.54, 1.807) is 0 Å². The van der Waals surface area contributed by atoms with Crippen LogP contribution in [0.4, 0.5) is 0 Å². The molecule has 1 heterocycles. The lowest BCUT2D eigenvalue weighted by Gasteiger charge is -2.08. The fourth-order valence-corrected chi connectivity index (χ4v) is 2.73. The molecule has 0 fully saturated rings. The number of aromatic nitrogens is 1. The average Bonchev–Trinajstić information content (AvgIpc) is 2.91. The smallest absolute Gasteiger partial charge is 0.253 e. The molecule has 0 radical (unpaired) electrons. The summed E-state index contributed by atoms with van der Waals surface area (Å²) in [5.74, 6) is -0.0404. The molecule has 22 heavy (non-hydrogen) atoms. The number of nitrogens with one attached hydrogen (secondary N) is 1. The van der Waals surface area contributed by atoms with Crippen LogP contribution in [-0.4, -0.2) is 17.0 Å². The number of aryl methyl sites for hydroxylation is 1. The third-order valence-electron chi connectivity index (χ3n) is 3.75. The highest BCUT2D eigenvalue weighted by Gasteiger charge is 2.11. The van der Waals surface area contributed by atoms with Gasteiger partial charge in [-0.25, -0.2) is 0 Å². The van der Waals surface area contributed by atoms with Crippen LogP contribution >= 0.6 is 11.6 Å². The Balaban J connectivity index is 1.69. The van der Waals surface area contributed by atoms with Crippen LogP contribution < -0.4 is 5.32 Å². The maximum atomic E-state index is 12.4. The molecule has 1 aromatic heterocycles. The Kier molecular flexibility index (Phi) is 4.16. The predicted molar refractivity (Wildman–Crippen MR) is 90.4 cm³/mol. The lowest BCUT2D eigenvalue weighted by Crippen LogP contribution is -2.26. The largest absolute Gasteiger partial charge is 0.352 e. The van der Waals surface area contributed by atoms with Crippen molar-refractivity contribution in [2.75, 3.05) is 6.54 Å². The van der Waals surface area contributed by atoms with Gasteiger partial charge in [-0.3, -0.25) is 4.79 Å². The SMILES string of the molecule is Cn1ccc2cccc(C(=O)NCCc3ccc(Cl)cc3)c21. The topological polar surface area (TPSA) is 34.0 Å². The third kappa shape index (κ3) is 3.00. The number of fused-ring (bicyclic) bond motifs is 1. The van der Waals surface area contributed by atoms with Crippen molar-refractivity contribution >= 4 is 28.4 Å². The minimum absolute atomic E-state index is 0.0404. The molecule has 0 saturated heterocycles. The van der Waals surface area contributed by atoms with Crippen molar-refractivity contribution in [1.82, 2.24) is 9.88 Å². The second kappa shape index (κ2) is 6.24. The standard InChI is InChI=1S/C18H17ClN2O/c1-21-12-10-14-3-2-4-16(17(14)21)18(22)20-11-9-13-5-7-15(19)8-6-13/h2-8,10,12H,9,11H2,1H3,(H,20,22). The molecule has 0 bridgehead atoms. The zero-order valence-corrected chi connectivity index (χ0v) is 13.1. The van der Waals surface area contributed by atoms with Gasteiger partial charge in [-0.05, 0) is 36.2 Å². The molecule has 0 unspecified atom stereocenters. The number of carbonyl (C=O) groups excluding carboxylic acids is 1. The molecule has 4 heteroatoms. The van der Waals surface area contributed by atoms with E-state index in [0.29, 0.717) is 12.1 Å². The minimum atomic E-state index is -0.0404. The van der Waals surface area contributed by atoms with Crippen LogP contribution in [0.3, 0.4) is 0 Å². The van der Waals surface area contributed by atoms with Crippen molar-refractivity contribution in [2.45, 2.75) is 6.42 Å². The minimum Gasteiger partial charge on any atom is -0.352 e. The molecule has 0 spiro atoms. The van der Waals surface area contributed by atoms with Crippen LogP contribution in [0.5, 0.6) is 0 Å². The van der Waals surface area contributed by atoms with Crippen molar-refractivity contribution in [3.8, 4) is 0 Å². The van der Waals surface area contributed by atoms with E-state index in [9.17, 15) is 4.79 Å². The Morgan fingerprint density at radius 2 is 1.91 bits per heavy atom. The number of rotatable bonds is 4. The maximum absolute atomic E-state index is 12.4. The van der Waals surface area contributed by atoms with Crippen molar-refractivity contribution in [3.05, 3.63) is 70.9 Å². The van der Waals surface area contributed by atoms with E-state index in [-0.39, 0.29) is 5.91 Å². The molecule has 0 saturated carbocycles.